The summed E-state index contributed by atoms with van der Waals surface area (Å²) >= 11 is 0. The van der Waals surface area contributed by atoms with Crippen molar-refractivity contribution >= 4 is 137 Å². The molecule has 0 saturated heterocycles. The van der Waals surface area contributed by atoms with Crippen LogP contribution < -0.4 is 37.9 Å². The van der Waals surface area contributed by atoms with E-state index in [2.05, 4.69) is 551 Å². The van der Waals surface area contributed by atoms with E-state index in [1.807, 2.05) is 0 Å². The van der Waals surface area contributed by atoms with Gasteiger partial charge in [0.15, 0.2) is 0 Å². The maximum Gasteiger partial charge on any atom is 0.212 e. The van der Waals surface area contributed by atoms with Crippen molar-refractivity contribution in [1.29, 1.82) is 0 Å². The van der Waals surface area contributed by atoms with E-state index in [0.29, 0.717) is 0 Å². The standard InChI is InChI=1S/C78H60N6.C38H40N2/c1-9-25-61(26-10-1)79(62-27-11-2-12-28-62)69-41-49-73(50-42-69)83(74-51-43-70(44-52-74)80(63-29-13-3-14-30-63)64-31-15-4-16-32-64)77-57-59-78(60-58-77)84(75-53-45-71(46-54-75)81(65-33-17-5-18-34-65)66-35-19-6-20-36-66)76-55-47-72(48-56-76)82(67-37-21-7-22-38-67)68-39-23-8-24-40-68;1-5-29-9-17-33(18-10-29)39(34-19-11-30(6-2)12-20-34)37-25-27-38(28-26-37)40(35-21-13-31(7-3)14-22-35)36-23-15-32(8-4)16-24-36/h1-60H;9-28H,5-8H2,1-4H3/q2*+2. The van der Waals surface area contributed by atoms with Crippen molar-refractivity contribution in [2.24, 2.45) is 0 Å². The monoisotopic (exact) mass is 1600 g/mol. The molecule has 8 heteroatoms. The molecule has 0 radical (unpaired) electrons. The van der Waals surface area contributed by atoms with E-state index in [1.54, 1.807) is 0 Å². The highest BCUT2D eigenvalue weighted by molar-refractivity contribution is 6.22. The molecular formula is C116H100N8+4. The molecule has 16 aromatic carbocycles. The van der Waals surface area contributed by atoms with Gasteiger partial charge in [-0.2, -0.15) is 18.3 Å². The first-order chi connectivity index (χ1) is 61.3. The summed E-state index contributed by atoms with van der Waals surface area (Å²) in [5.74, 6) is 0. The van der Waals surface area contributed by atoms with E-state index < -0.39 is 0 Å². The third kappa shape index (κ3) is 18.5. The van der Waals surface area contributed by atoms with Crippen LogP contribution in [0.2, 0.25) is 0 Å². The number of hydrogen-bond acceptors (Lipinski definition) is 4. The van der Waals surface area contributed by atoms with E-state index >= 15 is 0 Å². The lowest BCUT2D eigenvalue weighted by atomic mass is 10.1. The molecule has 0 heterocycles. The maximum atomic E-state index is 2.35. The number of allylic oxidation sites excluding steroid dienone is 8. The number of benzene rings is 16. The molecular weight excluding hydrogens is 1510 g/mol. The van der Waals surface area contributed by atoms with Crippen LogP contribution in [0.5, 0.6) is 0 Å². The smallest absolute Gasteiger partial charge is 0.212 e. The van der Waals surface area contributed by atoms with E-state index in [0.717, 1.165) is 162 Å². The van der Waals surface area contributed by atoms with E-state index in [1.165, 1.54) is 22.3 Å². The average molecular weight is 1610 g/mol. The van der Waals surface area contributed by atoms with Crippen LogP contribution in [0.3, 0.4) is 0 Å². The van der Waals surface area contributed by atoms with E-state index in [4.69, 9.17) is 0 Å². The normalized spacial score (nSPS) is 12.0. The van der Waals surface area contributed by atoms with Crippen molar-refractivity contribution < 1.29 is 0 Å². The Balaban J connectivity index is 0.000000227. The predicted molar refractivity (Wildman–Crippen MR) is 530 cm³/mol. The molecule has 600 valence electrons. The molecule has 16 aromatic rings. The fraction of sp³-hybridized carbons (Fsp3) is 0.0690. The maximum absolute atomic E-state index is 2.35. The van der Waals surface area contributed by atoms with Gasteiger partial charge >= 0.3 is 0 Å². The van der Waals surface area contributed by atoms with Crippen molar-refractivity contribution in [2.75, 3.05) is 19.6 Å². The molecule has 0 atom stereocenters. The predicted octanol–water partition coefficient (Wildman–Crippen LogP) is 30.3. The Morgan fingerprint density at radius 3 is 0.371 bits per heavy atom. The molecule has 0 spiro atoms. The highest BCUT2D eigenvalue weighted by atomic mass is 15.2. The van der Waals surface area contributed by atoms with Crippen LogP contribution in [0.4, 0.5) is 114 Å². The lowest BCUT2D eigenvalue weighted by Gasteiger charge is -2.25. The first-order valence-corrected chi connectivity index (χ1v) is 43.1. The van der Waals surface area contributed by atoms with Crippen LogP contribution in [-0.4, -0.2) is 22.8 Å². The molecule has 0 bridgehead atoms. The number of rotatable bonds is 24. The summed E-state index contributed by atoms with van der Waals surface area (Å²) in [6, 6.07) is 156. The molecule has 0 saturated carbocycles. The van der Waals surface area contributed by atoms with E-state index in [9.17, 15) is 0 Å². The fourth-order valence-corrected chi connectivity index (χ4v) is 16.2. The average Bonchev–Trinajstić information content (AvgIpc) is 0.775. The number of aryl methyl sites for hydroxylation is 4. The first-order valence-electron chi connectivity index (χ1n) is 43.1. The Morgan fingerprint density at radius 1 is 0.137 bits per heavy atom. The van der Waals surface area contributed by atoms with Crippen molar-refractivity contribution in [2.45, 2.75) is 53.4 Å². The molecule has 0 aliphatic heterocycles. The van der Waals surface area contributed by atoms with Gasteiger partial charge in [-0.05, 0) is 194 Å². The Labute approximate surface area is 730 Å². The Kier molecular flexibility index (Phi) is 25.4. The van der Waals surface area contributed by atoms with Gasteiger partial charge in [-0.1, -0.05) is 222 Å². The Hall–Kier alpha value is -15.6. The van der Waals surface area contributed by atoms with Gasteiger partial charge in [0.25, 0.3) is 0 Å². The SMILES string of the molecule is C1=CC(=[N+](c2ccc(N(c3ccccc3)c3ccccc3)cc2)c2ccc(N(c3ccccc3)c3ccccc3)cc2)C=CC1=[N+](c1ccc(N(c2ccccc2)c2ccccc2)cc1)c1ccc(N(c2ccccc2)c2ccccc2)cc1.CCc1ccc([N+](=C2C=CC(=[N+](c3ccc(CC)cc3)c3ccc(CC)cc3)C=C2)c2ccc(CC)cc2)cc1. The molecule has 0 aromatic heterocycles. The van der Waals surface area contributed by atoms with Crippen molar-refractivity contribution in [1.82, 2.24) is 18.3 Å². The minimum Gasteiger partial charge on any atom is -0.310 e. The van der Waals surface area contributed by atoms with Crippen LogP contribution in [0.25, 0.3) is 0 Å². The summed E-state index contributed by atoms with van der Waals surface area (Å²) < 4.78 is 9.39. The second-order valence-corrected chi connectivity index (χ2v) is 30.5. The molecule has 2 aliphatic rings. The third-order valence-corrected chi connectivity index (χ3v) is 22.7. The lowest BCUT2D eigenvalue weighted by molar-refractivity contribution is 1.06. The van der Waals surface area contributed by atoms with Gasteiger partial charge in [0.05, 0.1) is 0 Å². The van der Waals surface area contributed by atoms with Gasteiger partial charge in [-0.3, -0.25) is 0 Å². The highest BCUT2D eigenvalue weighted by Gasteiger charge is 2.29. The highest BCUT2D eigenvalue weighted by Crippen LogP contribution is 2.42. The Morgan fingerprint density at radius 2 is 0.250 bits per heavy atom. The second kappa shape index (κ2) is 39.0. The molecule has 0 N–H and O–H groups in total. The van der Waals surface area contributed by atoms with Gasteiger partial charge in [0, 0.05) is 214 Å². The topological polar surface area (TPSA) is 25.0 Å². The van der Waals surface area contributed by atoms with Gasteiger partial charge in [0.1, 0.15) is 0 Å². The van der Waals surface area contributed by atoms with Crippen molar-refractivity contribution in [3.8, 4) is 0 Å². The molecule has 18 rings (SSSR count). The minimum atomic E-state index is 1.01. The molecule has 2 aliphatic carbocycles. The summed E-state index contributed by atoms with van der Waals surface area (Å²) in [4.78, 5) is 9.20. The zero-order valence-corrected chi connectivity index (χ0v) is 70.6. The first kappa shape index (κ1) is 80.8. The third-order valence-electron chi connectivity index (χ3n) is 22.7. The van der Waals surface area contributed by atoms with Gasteiger partial charge < -0.3 is 19.6 Å². The largest absolute Gasteiger partial charge is 0.310 e. The molecule has 0 fully saturated rings. The molecule has 124 heavy (non-hydrogen) atoms. The number of nitrogens with zero attached hydrogens (tertiary/aromatic N) is 8. The van der Waals surface area contributed by atoms with Crippen LogP contribution in [0, 0.1) is 0 Å². The Bertz CT molecular complexity index is 5540. The van der Waals surface area contributed by atoms with Crippen molar-refractivity contribution in [3.63, 3.8) is 0 Å². The summed E-state index contributed by atoms with van der Waals surface area (Å²) in [5, 5.41) is 0. The summed E-state index contributed by atoms with van der Waals surface area (Å²) in [6.07, 6.45) is 22.1. The summed E-state index contributed by atoms with van der Waals surface area (Å²) in [5.41, 5.74) is 31.4. The molecule has 0 unspecified atom stereocenters. The van der Waals surface area contributed by atoms with Crippen LogP contribution in [0.15, 0.2) is 485 Å². The van der Waals surface area contributed by atoms with Crippen LogP contribution >= 0.6 is 0 Å². The van der Waals surface area contributed by atoms with Gasteiger partial charge in [-0.15, -0.1) is 0 Å². The van der Waals surface area contributed by atoms with Crippen LogP contribution in [-0.2, 0) is 25.7 Å². The van der Waals surface area contributed by atoms with Crippen molar-refractivity contribution in [3.05, 3.63) is 508 Å². The molecule has 8 nitrogen and oxygen atoms in total. The fourth-order valence-electron chi connectivity index (χ4n) is 16.2. The van der Waals surface area contributed by atoms with Crippen LogP contribution in [0.1, 0.15) is 49.9 Å². The number of hydrogen-bond donors (Lipinski definition) is 0. The zero-order valence-electron chi connectivity index (χ0n) is 70.6. The molecule has 0 amide bonds. The number of para-hydroxylation sites is 8. The summed E-state index contributed by atoms with van der Waals surface area (Å²) in [7, 11) is 0. The second-order valence-electron chi connectivity index (χ2n) is 30.5. The number of anilines is 12. The van der Waals surface area contributed by atoms with Gasteiger partial charge in [-0.25, -0.2) is 0 Å². The van der Waals surface area contributed by atoms with E-state index in [-0.39, 0.29) is 0 Å². The lowest BCUT2D eigenvalue weighted by Crippen LogP contribution is -2.20. The van der Waals surface area contributed by atoms with Gasteiger partial charge in [0.2, 0.25) is 68.3 Å². The quantitative estimate of drug-likeness (QED) is 0.0445. The minimum absolute atomic E-state index is 1.01. The summed E-state index contributed by atoms with van der Waals surface area (Å²) in [6.45, 7) is 8.80. The zero-order chi connectivity index (χ0) is 84.2.